The van der Waals surface area contributed by atoms with Gasteiger partial charge in [-0.05, 0) is 67.6 Å². The number of amidine groups is 1. The van der Waals surface area contributed by atoms with Gasteiger partial charge >= 0.3 is 11.9 Å². The van der Waals surface area contributed by atoms with Crippen molar-refractivity contribution in [1.82, 2.24) is 4.90 Å². The van der Waals surface area contributed by atoms with Crippen molar-refractivity contribution < 1.29 is 23.8 Å². The van der Waals surface area contributed by atoms with Crippen LogP contribution in [0, 0.1) is 11.8 Å². The van der Waals surface area contributed by atoms with Gasteiger partial charge in [-0.2, -0.15) is 0 Å². The molecule has 0 aliphatic carbocycles. The molecule has 0 radical (unpaired) electrons. The number of carbonyl (C=O) groups excluding carboxylic acids is 2. The molecule has 0 bridgehead atoms. The summed E-state index contributed by atoms with van der Waals surface area (Å²) in [7, 11) is 3.94. The number of rotatable bonds is 14. The smallest absolute Gasteiger partial charge is 0.331 e. The molecule has 8 nitrogen and oxygen atoms in total. The standard InChI is InChI=1S/C34H49N3O5/c1-9-10-11-12-25(4)37(23-26-13-19-29(20-14-26)40-22-21-24(2)3)31(30-32(38)41-34(5,6)42-33(30)39)35-27-15-17-28(18-16-27)36(7)8/h13-20,24-25,30H,9-12,21-23H2,1-8H3. The maximum atomic E-state index is 13.4. The van der Waals surface area contributed by atoms with Crippen LogP contribution in [0.5, 0.6) is 5.75 Å². The molecule has 0 spiro atoms. The van der Waals surface area contributed by atoms with Crippen LogP contribution in [0.1, 0.15) is 79.2 Å². The number of carbonyl (C=O) groups is 2. The molecule has 0 N–H and O–H groups in total. The minimum atomic E-state index is -1.33. The van der Waals surface area contributed by atoms with Crippen LogP contribution in [0.25, 0.3) is 0 Å². The Morgan fingerprint density at radius 2 is 1.55 bits per heavy atom. The number of ether oxygens (including phenoxy) is 3. The Bertz CT molecular complexity index is 1170. The van der Waals surface area contributed by atoms with E-state index in [9.17, 15) is 9.59 Å². The first-order chi connectivity index (χ1) is 19.9. The average molecular weight is 580 g/mol. The van der Waals surface area contributed by atoms with Crippen LogP contribution in [-0.4, -0.2) is 55.2 Å². The highest BCUT2D eigenvalue weighted by Crippen LogP contribution is 2.30. The number of hydrogen-bond donors (Lipinski definition) is 0. The van der Waals surface area contributed by atoms with Crippen molar-refractivity contribution in [2.24, 2.45) is 16.8 Å². The van der Waals surface area contributed by atoms with Crippen LogP contribution in [0.3, 0.4) is 0 Å². The Labute approximate surface area is 252 Å². The van der Waals surface area contributed by atoms with E-state index < -0.39 is 23.6 Å². The van der Waals surface area contributed by atoms with E-state index >= 15 is 0 Å². The van der Waals surface area contributed by atoms with E-state index in [2.05, 4.69) is 32.6 Å². The summed E-state index contributed by atoms with van der Waals surface area (Å²) in [6, 6.07) is 15.7. The summed E-state index contributed by atoms with van der Waals surface area (Å²) in [4.78, 5) is 35.8. The van der Waals surface area contributed by atoms with E-state index in [4.69, 9.17) is 19.2 Å². The van der Waals surface area contributed by atoms with Crippen molar-refractivity contribution >= 4 is 29.1 Å². The van der Waals surface area contributed by atoms with Gasteiger partial charge in [-0.1, -0.05) is 52.2 Å². The monoisotopic (exact) mass is 579 g/mol. The summed E-state index contributed by atoms with van der Waals surface area (Å²) in [5.41, 5.74) is 2.68. The van der Waals surface area contributed by atoms with Crippen LogP contribution in [0.4, 0.5) is 11.4 Å². The maximum absolute atomic E-state index is 13.4. The first kappa shape index (κ1) is 33.0. The third-order valence-corrected chi connectivity index (χ3v) is 7.32. The summed E-state index contributed by atoms with van der Waals surface area (Å²) in [5, 5.41) is 0. The summed E-state index contributed by atoms with van der Waals surface area (Å²) in [5.74, 6) is -2.20. The lowest BCUT2D eigenvalue weighted by Gasteiger charge is -2.38. The molecule has 2 aromatic carbocycles. The van der Waals surface area contributed by atoms with E-state index in [1.807, 2.05) is 67.5 Å². The molecule has 2 aromatic rings. The first-order valence-corrected chi connectivity index (χ1v) is 15.2. The van der Waals surface area contributed by atoms with Gasteiger partial charge in [-0.25, -0.2) is 4.99 Å². The third-order valence-electron chi connectivity index (χ3n) is 7.32. The topological polar surface area (TPSA) is 80.7 Å². The molecule has 42 heavy (non-hydrogen) atoms. The molecule has 1 aliphatic rings. The molecule has 1 unspecified atom stereocenters. The number of esters is 2. The average Bonchev–Trinajstić information content (AvgIpc) is 2.91. The molecule has 1 aliphatic heterocycles. The molecule has 1 saturated heterocycles. The van der Waals surface area contributed by atoms with Crippen LogP contribution in [0.2, 0.25) is 0 Å². The molecule has 8 heteroatoms. The molecular weight excluding hydrogens is 530 g/mol. The Hall–Kier alpha value is -3.55. The summed E-state index contributed by atoms with van der Waals surface area (Å²) < 4.78 is 17.0. The second-order valence-electron chi connectivity index (χ2n) is 12.2. The summed E-state index contributed by atoms with van der Waals surface area (Å²) in [6.07, 6.45) is 5.09. The normalized spacial score (nSPS) is 16.2. The second-order valence-corrected chi connectivity index (χ2v) is 12.2. The van der Waals surface area contributed by atoms with Gasteiger partial charge < -0.3 is 24.0 Å². The van der Waals surface area contributed by atoms with E-state index in [0.29, 0.717) is 30.6 Å². The van der Waals surface area contributed by atoms with Crippen LogP contribution >= 0.6 is 0 Å². The first-order valence-electron chi connectivity index (χ1n) is 15.2. The molecular formula is C34H49N3O5. The van der Waals surface area contributed by atoms with Gasteiger partial charge in [0.25, 0.3) is 5.79 Å². The van der Waals surface area contributed by atoms with E-state index in [0.717, 1.165) is 49.1 Å². The highest BCUT2D eigenvalue weighted by atomic mass is 16.7. The lowest BCUT2D eigenvalue weighted by molar-refractivity contribution is -0.236. The number of nitrogens with zero attached hydrogens (tertiary/aromatic N) is 3. The molecule has 3 rings (SSSR count). The van der Waals surface area contributed by atoms with Gasteiger partial charge in [-0.3, -0.25) is 9.59 Å². The Morgan fingerprint density at radius 3 is 2.10 bits per heavy atom. The zero-order valence-electron chi connectivity index (χ0n) is 26.7. The largest absolute Gasteiger partial charge is 0.494 e. The molecule has 0 saturated carbocycles. The number of unbranched alkanes of at least 4 members (excludes halogenated alkanes) is 2. The fourth-order valence-corrected chi connectivity index (χ4v) is 4.79. The van der Waals surface area contributed by atoms with Crippen molar-refractivity contribution in [1.29, 1.82) is 0 Å². The van der Waals surface area contributed by atoms with Gasteiger partial charge in [0.1, 0.15) is 11.6 Å². The maximum Gasteiger partial charge on any atom is 0.331 e. The third kappa shape index (κ3) is 9.50. The van der Waals surface area contributed by atoms with Gasteiger partial charge in [0.2, 0.25) is 5.92 Å². The molecule has 230 valence electrons. The number of hydrogen-bond acceptors (Lipinski definition) is 7. The molecule has 0 amide bonds. The van der Waals surface area contributed by atoms with E-state index in [-0.39, 0.29) is 6.04 Å². The Balaban J connectivity index is 2.02. The lowest BCUT2D eigenvalue weighted by atomic mass is 10.0. The number of cyclic esters (lactones) is 2. The van der Waals surface area contributed by atoms with Gasteiger partial charge in [0, 0.05) is 46.2 Å². The van der Waals surface area contributed by atoms with Crippen molar-refractivity contribution in [3.63, 3.8) is 0 Å². The summed E-state index contributed by atoms with van der Waals surface area (Å²) in [6.45, 7) is 12.9. The van der Waals surface area contributed by atoms with Gasteiger partial charge in [0.05, 0.1) is 12.3 Å². The highest BCUT2D eigenvalue weighted by Gasteiger charge is 2.48. The number of anilines is 1. The van der Waals surface area contributed by atoms with E-state index in [1.165, 1.54) is 0 Å². The fraction of sp³-hybridized carbons (Fsp3) is 0.559. The number of aliphatic imine (C=N–C) groups is 1. The quantitative estimate of drug-likeness (QED) is 0.0774. The second kappa shape index (κ2) is 15.1. The van der Waals surface area contributed by atoms with Crippen molar-refractivity contribution in [3.05, 3.63) is 54.1 Å². The molecule has 1 atom stereocenters. The summed E-state index contributed by atoms with van der Waals surface area (Å²) >= 11 is 0. The fourth-order valence-electron chi connectivity index (χ4n) is 4.79. The highest BCUT2D eigenvalue weighted by molar-refractivity contribution is 6.17. The Kier molecular flexibility index (Phi) is 11.8. The predicted molar refractivity (Wildman–Crippen MR) is 168 cm³/mol. The van der Waals surface area contributed by atoms with Gasteiger partial charge in [-0.15, -0.1) is 0 Å². The van der Waals surface area contributed by atoms with Gasteiger partial charge in [0.15, 0.2) is 0 Å². The lowest BCUT2D eigenvalue weighted by Crippen LogP contribution is -2.54. The minimum absolute atomic E-state index is 0.00569. The van der Waals surface area contributed by atoms with Crippen molar-refractivity contribution in [3.8, 4) is 5.75 Å². The molecule has 1 fully saturated rings. The Morgan fingerprint density at radius 1 is 0.929 bits per heavy atom. The SMILES string of the molecule is CCCCCC(C)N(Cc1ccc(OCCC(C)C)cc1)C(=Nc1ccc(N(C)C)cc1)C1C(=O)OC(C)(C)OC1=O. The van der Waals surface area contributed by atoms with Crippen molar-refractivity contribution in [2.45, 2.75) is 92.0 Å². The number of benzene rings is 2. The van der Waals surface area contributed by atoms with E-state index in [1.54, 1.807) is 13.8 Å². The predicted octanol–water partition coefficient (Wildman–Crippen LogP) is 7.13. The van der Waals surface area contributed by atoms with Crippen LogP contribution in [-0.2, 0) is 25.6 Å². The molecule has 1 heterocycles. The minimum Gasteiger partial charge on any atom is -0.494 e. The van der Waals surface area contributed by atoms with Crippen molar-refractivity contribution in [2.75, 3.05) is 25.6 Å². The van der Waals surface area contributed by atoms with Crippen LogP contribution < -0.4 is 9.64 Å². The van der Waals surface area contributed by atoms with Crippen LogP contribution in [0.15, 0.2) is 53.5 Å². The zero-order chi connectivity index (χ0) is 30.9. The molecule has 0 aromatic heterocycles. The zero-order valence-corrected chi connectivity index (χ0v) is 26.7.